The monoisotopic (exact) mass is 285 g/mol. The lowest BCUT2D eigenvalue weighted by molar-refractivity contribution is 0.421. The fraction of sp³-hybridized carbons (Fsp3) is 0.600. The van der Waals surface area contributed by atoms with Gasteiger partial charge in [-0.05, 0) is 57.5 Å². The van der Waals surface area contributed by atoms with Crippen LogP contribution in [-0.4, -0.2) is 17.8 Å². The first-order valence-electron chi connectivity index (χ1n) is 6.55. The molecule has 0 aliphatic carbocycles. The smallest absolute Gasteiger partial charge is 0.0446 e. The van der Waals surface area contributed by atoms with E-state index in [0.29, 0.717) is 0 Å². The lowest BCUT2D eigenvalue weighted by atomic mass is 10.1. The van der Waals surface area contributed by atoms with Gasteiger partial charge in [-0.15, -0.1) is 0 Å². The van der Waals surface area contributed by atoms with Crippen molar-refractivity contribution in [2.45, 2.75) is 44.9 Å². The van der Waals surface area contributed by atoms with E-state index < -0.39 is 0 Å². The number of thioether (sulfide) groups is 1. The molecule has 1 aromatic rings. The third-order valence-electron chi connectivity index (χ3n) is 2.59. The fourth-order valence-electron chi connectivity index (χ4n) is 1.59. The van der Waals surface area contributed by atoms with E-state index in [4.69, 9.17) is 11.6 Å². The van der Waals surface area contributed by atoms with Gasteiger partial charge in [0.2, 0.25) is 0 Å². The highest BCUT2D eigenvalue weighted by Gasteiger charge is 2.06. The van der Waals surface area contributed by atoms with E-state index in [1.165, 1.54) is 24.2 Å². The number of hydrogen-bond donors (Lipinski definition) is 1. The Bertz CT molecular complexity index is 347. The molecule has 0 heterocycles. The van der Waals surface area contributed by atoms with Crippen molar-refractivity contribution in [2.75, 3.05) is 12.3 Å². The normalized spacial score (nSPS) is 11.8. The van der Waals surface area contributed by atoms with Gasteiger partial charge in [0, 0.05) is 16.3 Å². The van der Waals surface area contributed by atoms with Crippen LogP contribution in [0.3, 0.4) is 0 Å². The summed E-state index contributed by atoms with van der Waals surface area (Å²) in [6, 6.07) is 8.10. The Morgan fingerprint density at radius 1 is 1.17 bits per heavy atom. The fourth-order valence-corrected chi connectivity index (χ4v) is 2.90. The minimum Gasteiger partial charge on any atom is -0.312 e. The summed E-state index contributed by atoms with van der Waals surface area (Å²) < 4.78 is 0. The van der Waals surface area contributed by atoms with Crippen LogP contribution in [0.5, 0.6) is 0 Å². The Kier molecular flexibility index (Phi) is 7.13. The van der Waals surface area contributed by atoms with Crippen molar-refractivity contribution in [1.29, 1.82) is 0 Å². The molecule has 102 valence electrons. The summed E-state index contributed by atoms with van der Waals surface area (Å²) in [5.41, 5.74) is 1.49. The average Bonchev–Trinajstić information content (AvgIpc) is 2.28. The molecule has 0 unspecified atom stereocenters. The molecule has 0 radical (unpaired) electrons. The Balaban J connectivity index is 2.04. The summed E-state index contributed by atoms with van der Waals surface area (Å²) >= 11 is 8.08. The molecule has 0 bridgehead atoms. The molecule has 18 heavy (non-hydrogen) atoms. The van der Waals surface area contributed by atoms with Gasteiger partial charge in [-0.25, -0.2) is 0 Å². The van der Waals surface area contributed by atoms with Gasteiger partial charge in [-0.3, -0.25) is 0 Å². The van der Waals surface area contributed by atoms with Gasteiger partial charge < -0.3 is 5.32 Å². The van der Waals surface area contributed by atoms with Crippen LogP contribution in [0.15, 0.2) is 24.3 Å². The molecule has 0 saturated heterocycles. The van der Waals surface area contributed by atoms with Gasteiger partial charge in [0.05, 0.1) is 0 Å². The lowest BCUT2D eigenvalue weighted by Gasteiger charge is -2.20. The number of nitrogens with one attached hydrogen (secondary N) is 1. The second kappa shape index (κ2) is 8.08. The van der Waals surface area contributed by atoms with E-state index in [0.717, 1.165) is 17.3 Å². The Morgan fingerprint density at radius 2 is 1.89 bits per heavy atom. The van der Waals surface area contributed by atoms with Crippen LogP contribution in [0.4, 0.5) is 0 Å². The topological polar surface area (TPSA) is 12.0 Å². The number of rotatable bonds is 7. The van der Waals surface area contributed by atoms with Crippen molar-refractivity contribution in [3.05, 3.63) is 34.9 Å². The van der Waals surface area contributed by atoms with Gasteiger partial charge in [0.15, 0.2) is 0 Å². The van der Waals surface area contributed by atoms with Crippen molar-refractivity contribution in [2.24, 2.45) is 0 Å². The zero-order chi connectivity index (χ0) is 13.4. The molecule has 0 fully saturated rings. The van der Waals surface area contributed by atoms with Gasteiger partial charge in [-0.1, -0.05) is 29.8 Å². The first-order chi connectivity index (χ1) is 8.49. The van der Waals surface area contributed by atoms with Crippen LogP contribution in [0.2, 0.25) is 5.02 Å². The van der Waals surface area contributed by atoms with E-state index in [1.807, 2.05) is 23.9 Å². The summed E-state index contributed by atoms with van der Waals surface area (Å²) in [6.45, 7) is 7.73. The Labute approximate surface area is 121 Å². The molecular weight excluding hydrogens is 262 g/mol. The van der Waals surface area contributed by atoms with Gasteiger partial charge in [0.1, 0.15) is 0 Å². The Morgan fingerprint density at radius 3 is 2.56 bits per heavy atom. The molecule has 1 nitrogen and oxygen atoms in total. The second-order valence-electron chi connectivity index (χ2n) is 5.53. The van der Waals surface area contributed by atoms with Gasteiger partial charge in [-0.2, -0.15) is 11.8 Å². The summed E-state index contributed by atoms with van der Waals surface area (Å²) in [5, 5.41) is 4.40. The molecule has 1 rings (SSSR count). The minimum absolute atomic E-state index is 0.241. The molecule has 0 saturated carbocycles. The number of hydrogen-bond acceptors (Lipinski definition) is 2. The third kappa shape index (κ3) is 7.30. The molecule has 0 aliphatic rings. The molecule has 0 amide bonds. The zero-order valence-electron chi connectivity index (χ0n) is 11.6. The zero-order valence-corrected chi connectivity index (χ0v) is 13.2. The van der Waals surface area contributed by atoms with E-state index in [-0.39, 0.29) is 5.54 Å². The van der Waals surface area contributed by atoms with E-state index in [2.05, 4.69) is 38.2 Å². The van der Waals surface area contributed by atoms with Crippen molar-refractivity contribution in [3.8, 4) is 0 Å². The standard InChI is InChI=1S/C15H24ClNS/c1-15(2,3)17-10-6-7-11-18-12-13-8-4-5-9-14(13)16/h4-5,8-9,17H,6-7,10-12H2,1-3H3. The maximum Gasteiger partial charge on any atom is 0.0446 e. The van der Waals surface area contributed by atoms with Crippen molar-refractivity contribution in [1.82, 2.24) is 5.32 Å². The van der Waals surface area contributed by atoms with E-state index >= 15 is 0 Å². The summed E-state index contributed by atoms with van der Waals surface area (Å²) in [7, 11) is 0. The van der Waals surface area contributed by atoms with Gasteiger partial charge in [0.25, 0.3) is 0 Å². The molecule has 3 heteroatoms. The average molecular weight is 286 g/mol. The van der Waals surface area contributed by atoms with Crippen LogP contribution in [0.1, 0.15) is 39.2 Å². The maximum absolute atomic E-state index is 6.11. The van der Waals surface area contributed by atoms with Crippen molar-refractivity contribution >= 4 is 23.4 Å². The largest absolute Gasteiger partial charge is 0.312 e. The summed E-state index contributed by atoms with van der Waals surface area (Å²) in [6.07, 6.45) is 2.50. The van der Waals surface area contributed by atoms with Crippen LogP contribution >= 0.6 is 23.4 Å². The van der Waals surface area contributed by atoms with Crippen LogP contribution < -0.4 is 5.32 Å². The first-order valence-corrected chi connectivity index (χ1v) is 8.08. The first kappa shape index (κ1) is 15.9. The highest BCUT2D eigenvalue weighted by Crippen LogP contribution is 2.21. The van der Waals surface area contributed by atoms with Crippen LogP contribution in [0.25, 0.3) is 0 Å². The lowest BCUT2D eigenvalue weighted by Crippen LogP contribution is -2.36. The predicted molar refractivity (Wildman–Crippen MR) is 84.6 cm³/mol. The molecule has 1 N–H and O–H groups in total. The van der Waals surface area contributed by atoms with Crippen molar-refractivity contribution in [3.63, 3.8) is 0 Å². The molecule has 0 atom stereocenters. The minimum atomic E-state index is 0.241. The summed E-state index contributed by atoms with van der Waals surface area (Å²) in [5.74, 6) is 2.23. The molecule has 1 aromatic carbocycles. The number of halogens is 1. The number of unbranched alkanes of at least 4 members (excludes halogenated alkanes) is 1. The molecule has 0 aromatic heterocycles. The number of benzene rings is 1. The third-order valence-corrected chi connectivity index (χ3v) is 4.05. The molecular formula is C15H24ClNS. The molecule has 0 aliphatic heterocycles. The SMILES string of the molecule is CC(C)(C)NCCCCSCc1ccccc1Cl. The summed E-state index contributed by atoms with van der Waals surface area (Å²) in [4.78, 5) is 0. The van der Waals surface area contributed by atoms with Gasteiger partial charge >= 0.3 is 0 Å². The maximum atomic E-state index is 6.11. The second-order valence-corrected chi connectivity index (χ2v) is 7.04. The quantitative estimate of drug-likeness (QED) is 0.726. The van der Waals surface area contributed by atoms with E-state index in [1.54, 1.807) is 0 Å². The highest BCUT2D eigenvalue weighted by atomic mass is 35.5. The Hall–Kier alpha value is -0.180. The van der Waals surface area contributed by atoms with Crippen LogP contribution in [-0.2, 0) is 5.75 Å². The van der Waals surface area contributed by atoms with Crippen molar-refractivity contribution < 1.29 is 0 Å². The van der Waals surface area contributed by atoms with E-state index in [9.17, 15) is 0 Å². The molecule has 0 spiro atoms. The predicted octanol–water partition coefficient (Wildman–Crippen LogP) is 4.74. The van der Waals surface area contributed by atoms with Crippen LogP contribution in [0, 0.1) is 0 Å². The highest BCUT2D eigenvalue weighted by molar-refractivity contribution is 7.98.